The van der Waals surface area contributed by atoms with Gasteiger partial charge in [0.05, 0.1) is 19.9 Å². The van der Waals surface area contributed by atoms with E-state index < -0.39 is 0 Å². The Kier molecular flexibility index (Phi) is 9.35. The van der Waals surface area contributed by atoms with Gasteiger partial charge in [0.1, 0.15) is 17.2 Å². The molecule has 0 aliphatic carbocycles. The third kappa shape index (κ3) is 7.94. The van der Waals surface area contributed by atoms with Crippen LogP contribution in [0.5, 0.6) is 17.2 Å². The number of nitrogens with zero attached hydrogens (tertiary/aromatic N) is 2. The van der Waals surface area contributed by atoms with Crippen LogP contribution in [0.15, 0.2) is 107 Å². The highest BCUT2D eigenvalue weighted by atomic mass is 35.5. The summed E-state index contributed by atoms with van der Waals surface area (Å²) in [5.41, 5.74) is 3.11. The summed E-state index contributed by atoms with van der Waals surface area (Å²) in [6, 6.07) is 30.9. The molecule has 0 unspecified atom stereocenters. The molecule has 0 fully saturated rings. The van der Waals surface area contributed by atoms with E-state index in [0.717, 1.165) is 45.8 Å². The highest BCUT2D eigenvalue weighted by Gasteiger charge is 2.16. The zero-order chi connectivity index (χ0) is 26.0. The maximum atomic E-state index is 9.78. The lowest BCUT2D eigenvalue weighted by atomic mass is 10.1. The van der Waals surface area contributed by atoms with Crippen molar-refractivity contribution in [2.75, 3.05) is 20.8 Å². The second-order valence-corrected chi connectivity index (χ2v) is 9.81. The molecule has 0 spiro atoms. The van der Waals surface area contributed by atoms with Crippen LogP contribution in [-0.4, -0.2) is 35.9 Å². The van der Waals surface area contributed by atoms with Crippen LogP contribution in [0.2, 0.25) is 5.02 Å². The minimum Gasteiger partial charge on any atom is -0.508 e. The molecule has 4 aromatic carbocycles. The number of hydrogen-bond acceptors (Lipinski definition) is 5. The minimum absolute atomic E-state index is 0.246. The summed E-state index contributed by atoms with van der Waals surface area (Å²) >= 11 is 7.73. The number of hydrogen-bond donors (Lipinski definition) is 1. The number of aliphatic imine (C=N–C) groups is 1. The van der Waals surface area contributed by atoms with Crippen LogP contribution in [0.3, 0.4) is 0 Å². The number of amidine groups is 1. The molecule has 0 aromatic heterocycles. The highest BCUT2D eigenvalue weighted by molar-refractivity contribution is 8.13. The summed E-state index contributed by atoms with van der Waals surface area (Å²) in [5, 5.41) is 11.3. The van der Waals surface area contributed by atoms with E-state index in [1.807, 2.05) is 72.8 Å². The number of halogens is 1. The Labute approximate surface area is 227 Å². The molecule has 4 aromatic rings. The molecule has 190 valence electrons. The topological polar surface area (TPSA) is 54.3 Å². The molecule has 1 N–H and O–H groups in total. The third-order valence-electron chi connectivity index (χ3n) is 5.73. The van der Waals surface area contributed by atoms with Crippen LogP contribution < -0.4 is 9.47 Å². The van der Waals surface area contributed by atoms with Gasteiger partial charge in [-0.25, -0.2) is 4.99 Å². The van der Waals surface area contributed by atoms with Gasteiger partial charge >= 0.3 is 0 Å². The molecule has 4 rings (SSSR count). The van der Waals surface area contributed by atoms with Crippen molar-refractivity contribution < 1.29 is 14.6 Å². The molecule has 5 nitrogen and oxygen atoms in total. The summed E-state index contributed by atoms with van der Waals surface area (Å²) in [6.45, 7) is 1.37. The molecule has 0 atom stereocenters. The Bertz CT molecular complexity index is 1290. The molecule has 0 saturated heterocycles. The number of aromatic hydroxyl groups is 1. The number of phenols is 1. The van der Waals surface area contributed by atoms with Crippen molar-refractivity contribution in [3.8, 4) is 17.2 Å². The first-order valence-corrected chi connectivity index (χ1v) is 13.0. The molecule has 0 aliphatic rings. The van der Waals surface area contributed by atoms with Gasteiger partial charge in [0.25, 0.3) is 0 Å². The van der Waals surface area contributed by atoms with Crippen molar-refractivity contribution >= 4 is 34.2 Å². The van der Waals surface area contributed by atoms with E-state index in [2.05, 4.69) is 17.0 Å². The van der Waals surface area contributed by atoms with Crippen LogP contribution in [0.25, 0.3) is 0 Å². The molecule has 0 heterocycles. The third-order valence-corrected chi connectivity index (χ3v) is 7.02. The fourth-order valence-corrected chi connectivity index (χ4v) is 4.70. The first-order valence-electron chi connectivity index (χ1n) is 11.8. The Morgan fingerprint density at radius 1 is 0.784 bits per heavy atom. The predicted molar refractivity (Wildman–Crippen MR) is 153 cm³/mol. The van der Waals surface area contributed by atoms with Crippen LogP contribution >= 0.6 is 23.4 Å². The highest BCUT2D eigenvalue weighted by Crippen LogP contribution is 2.28. The van der Waals surface area contributed by atoms with Crippen LogP contribution in [0, 0.1) is 0 Å². The number of rotatable bonds is 9. The lowest BCUT2D eigenvalue weighted by Gasteiger charge is -2.26. The molecular formula is C30H29ClN2O3S. The largest absolute Gasteiger partial charge is 0.508 e. The number of thioether (sulfide) groups is 1. The van der Waals surface area contributed by atoms with Gasteiger partial charge in [-0.1, -0.05) is 47.6 Å². The average Bonchev–Trinajstić information content (AvgIpc) is 2.93. The van der Waals surface area contributed by atoms with E-state index >= 15 is 0 Å². The van der Waals surface area contributed by atoms with E-state index in [9.17, 15) is 5.11 Å². The lowest BCUT2D eigenvalue weighted by molar-refractivity contribution is 0.413. The van der Waals surface area contributed by atoms with Crippen molar-refractivity contribution in [2.45, 2.75) is 17.9 Å². The summed E-state index contributed by atoms with van der Waals surface area (Å²) in [7, 11) is 3.32. The Morgan fingerprint density at radius 2 is 1.35 bits per heavy atom. The standard InChI is InChI=1S/C30H29ClN2O3S/c1-35-27-13-5-22(6-14-27)19-20-33(21-23-3-11-26(34)12-4-23)30(37-29-17-7-24(31)8-18-29)32-25-9-15-28(36-2)16-10-25/h3-18,34H,19-21H2,1-2H3. The zero-order valence-corrected chi connectivity index (χ0v) is 22.4. The summed E-state index contributed by atoms with van der Waals surface area (Å²) in [5.74, 6) is 1.87. The van der Waals surface area contributed by atoms with Crippen molar-refractivity contribution in [2.24, 2.45) is 4.99 Å². The molecule has 0 saturated carbocycles. The first kappa shape index (κ1) is 26.5. The Hall–Kier alpha value is -3.61. The first-order chi connectivity index (χ1) is 18.0. The van der Waals surface area contributed by atoms with E-state index in [-0.39, 0.29) is 5.75 Å². The lowest BCUT2D eigenvalue weighted by Crippen LogP contribution is -2.30. The fourth-order valence-electron chi connectivity index (χ4n) is 3.65. The molecule has 0 aliphatic heterocycles. The normalized spacial score (nSPS) is 11.3. The quantitative estimate of drug-likeness (QED) is 0.137. The average molecular weight is 533 g/mol. The van der Waals surface area contributed by atoms with Crippen LogP contribution in [0.1, 0.15) is 11.1 Å². The van der Waals surface area contributed by atoms with Gasteiger partial charge in [0, 0.05) is 23.0 Å². The van der Waals surface area contributed by atoms with Crippen molar-refractivity contribution in [3.05, 3.63) is 113 Å². The Balaban J connectivity index is 1.67. The number of methoxy groups -OCH3 is 2. The zero-order valence-electron chi connectivity index (χ0n) is 20.8. The van der Waals surface area contributed by atoms with E-state index in [1.165, 1.54) is 5.56 Å². The molecule has 37 heavy (non-hydrogen) atoms. The second-order valence-electron chi connectivity index (χ2n) is 8.33. The van der Waals surface area contributed by atoms with Gasteiger partial charge in [0.2, 0.25) is 0 Å². The van der Waals surface area contributed by atoms with Gasteiger partial charge in [0.15, 0.2) is 5.17 Å². The molecule has 0 amide bonds. The van der Waals surface area contributed by atoms with E-state index in [1.54, 1.807) is 38.1 Å². The molecular weight excluding hydrogens is 504 g/mol. The predicted octanol–water partition coefficient (Wildman–Crippen LogP) is 7.59. The van der Waals surface area contributed by atoms with Crippen molar-refractivity contribution in [1.82, 2.24) is 4.90 Å². The number of ether oxygens (including phenoxy) is 2. The minimum atomic E-state index is 0.246. The van der Waals surface area contributed by atoms with E-state index in [0.29, 0.717) is 11.6 Å². The molecule has 0 bridgehead atoms. The SMILES string of the molecule is COc1ccc(CCN(Cc2ccc(O)cc2)C(=Nc2ccc(OC)cc2)Sc2ccc(Cl)cc2)cc1. The summed E-state index contributed by atoms with van der Waals surface area (Å²) in [4.78, 5) is 8.36. The van der Waals surface area contributed by atoms with E-state index in [4.69, 9.17) is 26.1 Å². The molecule has 0 radical (unpaired) electrons. The smallest absolute Gasteiger partial charge is 0.169 e. The van der Waals surface area contributed by atoms with Crippen molar-refractivity contribution in [1.29, 1.82) is 0 Å². The van der Waals surface area contributed by atoms with Crippen LogP contribution in [-0.2, 0) is 13.0 Å². The maximum absolute atomic E-state index is 9.78. The monoisotopic (exact) mass is 532 g/mol. The van der Waals surface area contributed by atoms with Gasteiger partial charge in [-0.2, -0.15) is 0 Å². The number of benzene rings is 4. The Morgan fingerprint density at radius 3 is 1.95 bits per heavy atom. The number of phenolic OH excluding ortho intramolecular Hbond substituents is 1. The van der Waals surface area contributed by atoms with Gasteiger partial charge < -0.3 is 19.5 Å². The van der Waals surface area contributed by atoms with Crippen molar-refractivity contribution in [3.63, 3.8) is 0 Å². The van der Waals surface area contributed by atoms with Crippen LogP contribution in [0.4, 0.5) is 5.69 Å². The fraction of sp³-hybridized carbons (Fsp3) is 0.167. The second kappa shape index (κ2) is 13.1. The van der Waals surface area contributed by atoms with Gasteiger partial charge in [-0.05, 0) is 90.3 Å². The molecule has 7 heteroatoms. The maximum Gasteiger partial charge on any atom is 0.169 e. The summed E-state index contributed by atoms with van der Waals surface area (Å²) < 4.78 is 10.6. The van der Waals surface area contributed by atoms with Gasteiger partial charge in [-0.3, -0.25) is 0 Å². The van der Waals surface area contributed by atoms with Gasteiger partial charge in [-0.15, -0.1) is 0 Å². The summed E-state index contributed by atoms with van der Waals surface area (Å²) in [6.07, 6.45) is 0.824.